The molecule has 1 aromatic heterocycles. The highest BCUT2D eigenvalue weighted by atomic mass is 19.1. The van der Waals surface area contributed by atoms with Gasteiger partial charge in [-0.2, -0.15) is 0 Å². The molecule has 1 amide bonds. The van der Waals surface area contributed by atoms with Crippen molar-refractivity contribution >= 4 is 34.3 Å². The van der Waals surface area contributed by atoms with E-state index in [4.69, 9.17) is 0 Å². The number of amides is 1. The second-order valence-corrected chi connectivity index (χ2v) is 10.1. The number of carbonyl (C=O) groups excluding carboxylic acids is 1. The van der Waals surface area contributed by atoms with E-state index < -0.39 is 0 Å². The Kier molecular flexibility index (Phi) is 7.55. The molecule has 0 radical (unpaired) electrons. The monoisotopic (exact) mass is 485 g/mol. The third-order valence-electron chi connectivity index (χ3n) is 7.57. The fourth-order valence-electron chi connectivity index (χ4n) is 5.24. The van der Waals surface area contributed by atoms with Gasteiger partial charge in [0.2, 0.25) is 5.91 Å². The largest absolute Gasteiger partial charge is 0.355 e. The molecule has 2 aliphatic rings. The van der Waals surface area contributed by atoms with Crippen molar-refractivity contribution in [1.29, 1.82) is 0 Å². The van der Waals surface area contributed by atoms with Crippen LogP contribution in [0.5, 0.6) is 0 Å². The SMILES string of the molecule is CCCC/C=C(\C=C\c1cc2cc(F)ccc2n1CCC1CCC1)Nc1cccc2c1CCC(=O)N2. The highest BCUT2D eigenvalue weighted by Crippen LogP contribution is 2.32. The topological polar surface area (TPSA) is 46.1 Å². The van der Waals surface area contributed by atoms with Crippen molar-refractivity contribution in [3.63, 3.8) is 0 Å². The number of benzene rings is 2. The molecule has 5 heteroatoms. The lowest BCUT2D eigenvalue weighted by Gasteiger charge is -2.25. The number of hydrogen-bond acceptors (Lipinski definition) is 2. The number of halogens is 1. The average Bonchev–Trinajstić information content (AvgIpc) is 3.18. The fourth-order valence-corrected chi connectivity index (χ4v) is 5.24. The lowest BCUT2D eigenvalue weighted by atomic mass is 9.83. The van der Waals surface area contributed by atoms with Gasteiger partial charge in [0.05, 0.1) is 0 Å². The molecule has 3 aromatic rings. The normalized spacial score (nSPS) is 16.3. The fraction of sp³-hybridized carbons (Fsp3) is 0.387. The molecule has 5 rings (SSSR count). The summed E-state index contributed by atoms with van der Waals surface area (Å²) in [7, 11) is 0. The highest BCUT2D eigenvalue weighted by Gasteiger charge is 2.19. The van der Waals surface area contributed by atoms with Crippen molar-refractivity contribution in [2.24, 2.45) is 5.92 Å². The van der Waals surface area contributed by atoms with Crippen molar-refractivity contribution in [2.75, 3.05) is 10.6 Å². The van der Waals surface area contributed by atoms with Crippen LogP contribution in [-0.2, 0) is 17.8 Å². The Morgan fingerprint density at radius 3 is 2.89 bits per heavy atom. The van der Waals surface area contributed by atoms with Crippen LogP contribution in [0.25, 0.3) is 17.0 Å². The van der Waals surface area contributed by atoms with Gasteiger partial charge in [0.1, 0.15) is 5.82 Å². The molecule has 0 bridgehead atoms. The first-order chi connectivity index (χ1) is 17.6. The Bertz CT molecular complexity index is 1300. The van der Waals surface area contributed by atoms with Gasteiger partial charge < -0.3 is 15.2 Å². The lowest BCUT2D eigenvalue weighted by Crippen LogP contribution is -2.20. The third-order valence-corrected chi connectivity index (χ3v) is 7.57. The predicted octanol–water partition coefficient (Wildman–Crippen LogP) is 8.05. The maximum atomic E-state index is 14.0. The van der Waals surface area contributed by atoms with E-state index in [9.17, 15) is 9.18 Å². The van der Waals surface area contributed by atoms with Crippen LogP contribution < -0.4 is 10.6 Å². The van der Waals surface area contributed by atoms with E-state index in [-0.39, 0.29) is 11.7 Å². The maximum Gasteiger partial charge on any atom is 0.224 e. The Hall–Kier alpha value is -3.34. The number of aryl methyl sites for hydroxylation is 1. The number of fused-ring (bicyclic) bond motifs is 2. The number of aromatic nitrogens is 1. The summed E-state index contributed by atoms with van der Waals surface area (Å²) < 4.78 is 16.3. The van der Waals surface area contributed by atoms with Crippen LogP contribution in [0, 0.1) is 11.7 Å². The first-order valence-corrected chi connectivity index (χ1v) is 13.5. The van der Waals surface area contributed by atoms with Gasteiger partial charge in [0.25, 0.3) is 0 Å². The summed E-state index contributed by atoms with van der Waals surface area (Å²) in [5.41, 5.74) is 6.31. The molecule has 36 heavy (non-hydrogen) atoms. The summed E-state index contributed by atoms with van der Waals surface area (Å²) in [5.74, 6) is 0.692. The van der Waals surface area contributed by atoms with E-state index >= 15 is 0 Å². The van der Waals surface area contributed by atoms with Gasteiger partial charge >= 0.3 is 0 Å². The zero-order valence-corrected chi connectivity index (χ0v) is 21.2. The van der Waals surface area contributed by atoms with E-state index in [2.05, 4.69) is 52.5 Å². The first-order valence-electron chi connectivity index (χ1n) is 13.5. The summed E-state index contributed by atoms with van der Waals surface area (Å²) in [4.78, 5) is 11.9. The van der Waals surface area contributed by atoms with Gasteiger partial charge in [0.15, 0.2) is 0 Å². The second-order valence-electron chi connectivity index (χ2n) is 10.1. The highest BCUT2D eigenvalue weighted by molar-refractivity contribution is 5.95. The molecule has 4 nitrogen and oxygen atoms in total. The Morgan fingerprint density at radius 1 is 1.19 bits per heavy atom. The number of rotatable bonds is 10. The van der Waals surface area contributed by atoms with Gasteiger partial charge in [-0.3, -0.25) is 4.79 Å². The molecule has 1 fully saturated rings. The van der Waals surface area contributed by atoms with Crippen molar-refractivity contribution in [3.8, 4) is 0 Å². The van der Waals surface area contributed by atoms with Gasteiger partial charge in [0, 0.05) is 46.6 Å². The first kappa shape index (κ1) is 24.4. The van der Waals surface area contributed by atoms with E-state index in [1.54, 1.807) is 12.1 Å². The van der Waals surface area contributed by atoms with Gasteiger partial charge in [-0.25, -0.2) is 4.39 Å². The van der Waals surface area contributed by atoms with Crippen molar-refractivity contribution in [2.45, 2.75) is 71.3 Å². The van der Waals surface area contributed by atoms with Crippen molar-refractivity contribution in [1.82, 2.24) is 4.57 Å². The Balaban J connectivity index is 1.43. The van der Waals surface area contributed by atoms with Crippen LogP contribution in [0.15, 0.2) is 60.3 Å². The zero-order valence-electron chi connectivity index (χ0n) is 21.2. The Morgan fingerprint density at radius 2 is 2.08 bits per heavy atom. The maximum absolute atomic E-state index is 14.0. The summed E-state index contributed by atoms with van der Waals surface area (Å²) in [6.07, 6.45) is 16.2. The summed E-state index contributed by atoms with van der Waals surface area (Å²) in [5, 5.41) is 7.57. The number of allylic oxidation sites excluding steroid dienone is 2. The van der Waals surface area contributed by atoms with Crippen molar-refractivity contribution in [3.05, 3.63) is 77.4 Å². The van der Waals surface area contributed by atoms with Crippen LogP contribution in [0.2, 0.25) is 0 Å². The number of anilines is 2. The number of hydrogen-bond donors (Lipinski definition) is 2. The lowest BCUT2D eigenvalue weighted by molar-refractivity contribution is -0.116. The van der Waals surface area contributed by atoms with Gasteiger partial charge in [-0.15, -0.1) is 0 Å². The van der Waals surface area contributed by atoms with Crippen LogP contribution >= 0.6 is 0 Å². The van der Waals surface area contributed by atoms with Crippen LogP contribution in [-0.4, -0.2) is 10.5 Å². The molecule has 2 N–H and O–H groups in total. The molecule has 2 heterocycles. The number of nitrogens with zero attached hydrogens (tertiary/aromatic N) is 1. The molecular weight excluding hydrogens is 449 g/mol. The molecule has 0 saturated heterocycles. The van der Waals surface area contributed by atoms with Crippen LogP contribution in [0.1, 0.15) is 69.5 Å². The number of nitrogens with one attached hydrogen (secondary N) is 2. The summed E-state index contributed by atoms with van der Waals surface area (Å²) in [6.45, 7) is 3.15. The molecule has 188 valence electrons. The van der Waals surface area contributed by atoms with Crippen LogP contribution in [0.4, 0.5) is 15.8 Å². The minimum absolute atomic E-state index is 0.0735. The summed E-state index contributed by atoms with van der Waals surface area (Å²) >= 11 is 0. The molecule has 0 atom stereocenters. The van der Waals surface area contributed by atoms with E-state index in [1.807, 2.05) is 18.2 Å². The molecule has 1 aliphatic heterocycles. The number of carbonyl (C=O) groups is 1. The van der Waals surface area contributed by atoms with Crippen molar-refractivity contribution < 1.29 is 9.18 Å². The van der Waals surface area contributed by atoms with Gasteiger partial charge in [-0.05, 0) is 85.7 Å². The third kappa shape index (κ3) is 5.56. The zero-order chi connectivity index (χ0) is 24.9. The predicted molar refractivity (Wildman–Crippen MR) is 148 cm³/mol. The number of unbranched alkanes of at least 4 members (excludes halogenated alkanes) is 2. The molecule has 0 spiro atoms. The van der Waals surface area contributed by atoms with Crippen LogP contribution in [0.3, 0.4) is 0 Å². The standard InChI is InChI=1S/C31H36FN3O/c1-2-3-4-9-25(33-28-10-6-11-29-27(28)15-17-31(36)34-29)13-14-26-21-23-20-24(32)12-16-30(23)35(26)19-18-22-7-5-8-22/h6,9-14,16,20-22,33H,2-5,7-8,15,17-19H2,1H3,(H,34,36)/b14-13+,25-9+. The molecule has 0 unspecified atom stereocenters. The minimum atomic E-state index is -0.197. The molecule has 1 saturated carbocycles. The van der Waals surface area contributed by atoms with E-state index in [0.717, 1.165) is 77.4 Å². The quantitative estimate of drug-likeness (QED) is 0.225. The average molecular weight is 486 g/mol. The smallest absolute Gasteiger partial charge is 0.224 e. The minimum Gasteiger partial charge on any atom is -0.355 e. The van der Waals surface area contributed by atoms with E-state index in [1.165, 1.54) is 25.7 Å². The van der Waals surface area contributed by atoms with E-state index in [0.29, 0.717) is 6.42 Å². The molecule has 1 aliphatic carbocycles. The van der Waals surface area contributed by atoms with Gasteiger partial charge in [-0.1, -0.05) is 44.7 Å². The summed E-state index contributed by atoms with van der Waals surface area (Å²) in [6, 6.07) is 13.2. The molecule has 2 aromatic carbocycles. The molecular formula is C31H36FN3O. The second kappa shape index (κ2) is 11.2. The Labute approximate surface area is 213 Å².